The molecule has 0 spiro atoms. The van der Waals surface area contributed by atoms with Crippen molar-refractivity contribution in [2.24, 2.45) is 0 Å². The summed E-state index contributed by atoms with van der Waals surface area (Å²) in [5.74, 6) is -0.210. The van der Waals surface area contributed by atoms with Gasteiger partial charge in [0.2, 0.25) is 0 Å². The quantitative estimate of drug-likeness (QED) is 0.508. The van der Waals surface area contributed by atoms with E-state index in [0.717, 1.165) is 5.39 Å². The van der Waals surface area contributed by atoms with Crippen LogP contribution in [0, 0.1) is 0 Å². The molecule has 1 heterocycles. The fourth-order valence-corrected chi connectivity index (χ4v) is 2.37. The number of Topliss-reactive ketones (excluding diaryl/α,β-unsaturated/α-hetero) is 1. The number of nitrogens with zero attached hydrogens (tertiary/aromatic N) is 1. The van der Waals surface area contributed by atoms with Crippen LogP contribution in [0.15, 0.2) is 60.7 Å². The summed E-state index contributed by atoms with van der Waals surface area (Å²) < 4.78 is 10.4. The Morgan fingerprint density at radius 3 is 2.48 bits per heavy atom. The summed E-state index contributed by atoms with van der Waals surface area (Å²) in [5, 5.41) is 0.935. The Morgan fingerprint density at radius 2 is 1.72 bits per heavy atom. The number of hydrogen-bond acceptors (Lipinski definition) is 5. The highest BCUT2D eigenvalue weighted by atomic mass is 16.5. The molecule has 0 fully saturated rings. The van der Waals surface area contributed by atoms with E-state index in [1.165, 1.54) is 0 Å². The molecule has 0 bridgehead atoms. The minimum absolute atomic E-state index is 0.179. The average Bonchev–Trinajstić information content (AvgIpc) is 2.66. The van der Waals surface area contributed by atoms with Crippen LogP contribution < -0.4 is 4.74 Å². The van der Waals surface area contributed by atoms with Gasteiger partial charge in [0.15, 0.2) is 12.4 Å². The second kappa shape index (κ2) is 7.57. The number of pyridine rings is 1. The van der Waals surface area contributed by atoms with Gasteiger partial charge >= 0.3 is 5.97 Å². The van der Waals surface area contributed by atoms with Gasteiger partial charge in [0.25, 0.3) is 0 Å². The van der Waals surface area contributed by atoms with Crippen LogP contribution in [0.4, 0.5) is 0 Å². The summed E-state index contributed by atoms with van der Waals surface area (Å²) in [6.07, 6.45) is 0. The molecule has 0 aliphatic rings. The first-order valence-electron chi connectivity index (χ1n) is 7.96. The van der Waals surface area contributed by atoms with E-state index in [1.54, 1.807) is 36.4 Å². The molecular formula is C20H17NO4. The van der Waals surface area contributed by atoms with E-state index in [1.807, 2.05) is 31.2 Å². The van der Waals surface area contributed by atoms with Gasteiger partial charge < -0.3 is 9.47 Å². The van der Waals surface area contributed by atoms with Crippen LogP contribution in [0.2, 0.25) is 0 Å². The molecular weight excluding hydrogens is 318 g/mol. The molecule has 0 radical (unpaired) electrons. The summed E-state index contributed by atoms with van der Waals surface area (Å²) in [6.45, 7) is 2.12. The van der Waals surface area contributed by atoms with Crippen molar-refractivity contribution in [3.05, 3.63) is 71.9 Å². The molecule has 0 saturated heterocycles. The second-order valence-electron chi connectivity index (χ2n) is 5.35. The van der Waals surface area contributed by atoms with E-state index in [9.17, 15) is 9.59 Å². The molecule has 5 heteroatoms. The molecule has 0 aliphatic heterocycles. The molecule has 25 heavy (non-hydrogen) atoms. The minimum atomic E-state index is -0.620. The SMILES string of the molecule is CCOc1ccc(C(=O)COC(=O)c2ccc3ccccc3n2)cc1. The van der Waals surface area contributed by atoms with Gasteiger partial charge in [0.1, 0.15) is 11.4 Å². The summed E-state index contributed by atoms with van der Waals surface area (Å²) in [5.41, 5.74) is 1.34. The lowest BCUT2D eigenvalue weighted by Crippen LogP contribution is -2.15. The van der Waals surface area contributed by atoms with Crippen LogP contribution >= 0.6 is 0 Å². The van der Waals surface area contributed by atoms with Crippen LogP contribution in [0.3, 0.4) is 0 Å². The number of carbonyl (C=O) groups excluding carboxylic acids is 2. The van der Waals surface area contributed by atoms with Crippen molar-refractivity contribution in [3.63, 3.8) is 0 Å². The van der Waals surface area contributed by atoms with E-state index < -0.39 is 5.97 Å². The maximum atomic E-state index is 12.1. The zero-order valence-corrected chi connectivity index (χ0v) is 13.8. The number of aromatic nitrogens is 1. The van der Waals surface area contributed by atoms with E-state index in [0.29, 0.717) is 23.4 Å². The lowest BCUT2D eigenvalue weighted by molar-refractivity contribution is 0.0469. The monoisotopic (exact) mass is 335 g/mol. The molecule has 0 saturated carbocycles. The highest BCUT2D eigenvalue weighted by Gasteiger charge is 2.13. The van der Waals surface area contributed by atoms with Crippen molar-refractivity contribution in [1.82, 2.24) is 4.98 Å². The number of ether oxygens (including phenoxy) is 2. The van der Waals surface area contributed by atoms with Crippen molar-refractivity contribution in [2.45, 2.75) is 6.92 Å². The van der Waals surface area contributed by atoms with E-state index >= 15 is 0 Å². The van der Waals surface area contributed by atoms with Crippen molar-refractivity contribution in [2.75, 3.05) is 13.2 Å². The summed E-state index contributed by atoms with van der Waals surface area (Å²) in [6, 6.07) is 17.6. The van der Waals surface area contributed by atoms with Crippen molar-refractivity contribution < 1.29 is 19.1 Å². The maximum Gasteiger partial charge on any atom is 0.357 e. The van der Waals surface area contributed by atoms with Crippen LogP contribution in [0.5, 0.6) is 5.75 Å². The highest BCUT2D eigenvalue weighted by Crippen LogP contribution is 2.14. The maximum absolute atomic E-state index is 12.1. The van der Waals surface area contributed by atoms with Gasteiger partial charge in [-0.25, -0.2) is 9.78 Å². The number of esters is 1. The number of para-hydroxylation sites is 1. The van der Waals surface area contributed by atoms with Gasteiger partial charge in [0, 0.05) is 10.9 Å². The van der Waals surface area contributed by atoms with Crippen LogP contribution in [-0.4, -0.2) is 30.0 Å². The van der Waals surface area contributed by atoms with Gasteiger partial charge in [0.05, 0.1) is 12.1 Å². The first kappa shape index (κ1) is 16.6. The average molecular weight is 335 g/mol. The zero-order chi connectivity index (χ0) is 17.6. The van der Waals surface area contributed by atoms with Crippen LogP contribution in [-0.2, 0) is 4.74 Å². The third-order valence-electron chi connectivity index (χ3n) is 3.63. The predicted molar refractivity (Wildman–Crippen MR) is 94.0 cm³/mol. The fraction of sp³-hybridized carbons (Fsp3) is 0.150. The third-order valence-corrected chi connectivity index (χ3v) is 3.63. The molecule has 2 aromatic carbocycles. The Labute approximate surface area is 145 Å². The molecule has 3 rings (SSSR count). The molecule has 5 nitrogen and oxygen atoms in total. The number of carbonyl (C=O) groups is 2. The van der Waals surface area contributed by atoms with Gasteiger partial charge in [-0.15, -0.1) is 0 Å². The van der Waals surface area contributed by atoms with Crippen molar-refractivity contribution in [1.29, 1.82) is 0 Å². The number of benzene rings is 2. The number of rotatable bonds is 6. The summed E-state index contributed by atoms with van der Waals surface area (Å²) in [7, 11) is 0. The molecule has 3 aromatic rings. The van der Waals surface area contributed by atoms with Gasteiger partial charge in [-0.05, 0) is 43.3 Å². The highest BCUT2D eigenvalue weighted by molar-refractivity contribution is 5.99. The summed E-state index contributed by atoms with van der Waals surface area (Å²) in [4.78, 5) is 28.5. The predicted octanol–water partition coefficient (Wildman–Crippen LogP) is 3.67. The number of hydrogen-bond donors (Lipinski definition) is 0. The molecule has 0 N–H and O–H groups in total. The zero-order valence-electron chi connectivity index (χ0n) is 13.8. The van der Waals surface area contributed by atoms with Crippen molar-refractivity contribution >= 4 is 22.7 Å². The van der Waals surface area contributed by atoms with Crippen LogP contribution in [0.1, 0.15) is 27.8 Å². The molecule has 126 valence electrons. The van der Waals surface area contributed by atoms with Crippen LogP contribution in [0.25, 0.3) is 10.9 Å². The fourth-order valence-electron chi connectivity index (χ4n) is 2.37. The Kier molecular flexibility index (Phi) is 5.04. The standard InChI is InChI=1S/C20H17NO4/c1-2-24-16-10-7-15(8-11-16)19(22)13-25-20(23)18-12-9-14-5-3-4-6-17(14)21-18/h3-12H,2,13H2,1H3. The molecule has 0 amide bonds. The van der Waals surface area contributed by atoms with Gasteiger partial charge in [-0.2, -0.15) is 0 Å². The third kappa shape index (κ3) is 4.01. The van der Waals surface area contributed by atoms with E-state index in [2.05, 4.69) is 4.98 Å². The molecule has 0 unspecified atom stereocenters. The second-order valence-corrected chi connectivity index (χ2v) is 5.35. The Bertz CT molecular complexity index is 903. The van der Waals surface area contributed by atoms with E-state index in [4.69, 9.17) is 9.47 Å². The first-order valence-corrected chi connectivity index (χ1v) is 7.96. The Morgan fingerprint density at radius 1 is 0.960 bits per heavy atom. The first-order chi connectivity index (χ1) is 12.2. The molecule has 0 atom stereocenters. The lowest BCUT2D eigenvalue weighted by atomic mass is 10.1. The Hall–Kier alpha value is -3.21. The molecule has 1 aromatic heterocycles. The topological polar surface area (TPSA) is 65.5 Å². The van der Waals surface area contributed by atoms with E-state index in [-0.39, 0.29) is 18.1 Å². The number of fused-ring (bicyclic) bond motifs is 1. The van der Waals surface area contributed by atoms with Gasteiger partial charge in [-0.3, -0.25) is 4.79 Å². The summed E-state index contributed by atoms with van der Waals surface area (Å²) >= 11 is 0. The normalized spacial score (nSPS) is 10.4. The van der Waals surface area contributed by atoms with Crippen molar-refractivity contribution in [3.8, 4) is 5.75 Å². The smallest absolute Gasteiger partial charge is 0.357 e. The Balaban J connectivity index is 1.63. The lowest BCUT2D eigenvalue weighted by Gasteiger charge is -2.06. The largest absolute Gasteiger partial charge is 0.494 e. The minimum Gasteiger partial charge on any atom is -0.494 e. The van der Waals surface area contributed by atoms with Gasteiger partial charge in [-0.1, -0.05) is 24.3 Å². The molecule has 0 aliphatic carbocycles. The number of ketones is 1.